The van der Waals surface area contributed by atoms with Gasteiger partial charge in [0, 0.05) is 18.3 Å². The summed E-state index contributed by atoms with van der Waals surface area (Å²) >= 11 is 1.54. The molecule has 0 unspecified atom stereocenters. The highest BCUT2D eigenvalue weighted by Gasteiger charge is 2.57. The molecule has 1 aromatic heterocycles. The average Bonchev–Trinajstić information content (AvgIpc) is 2.72. The van der Waals surface area contributed by atoms with Crippen LogP contribution in [0.25, 0.3) is 0 Å². The number of aryl methyl sites for hydroxylation is 1. The Morgan fingerprint density at radius 1 is 1.40 bits per heavy atom. The molecule has 0 aromatic carbocycles. The van der Waals surface area contributed by atoms with Crippen molar-refractivity contribution in [2.45, 2.75) is 32.6 Å². The second kappa shape index (κ2) is 4.66. The van der Waals surface area contributed by atoms with Gasteiger partial charge in [0.15, 0.2) is 0 Å². The van der Waals surface area contributed by atoms with Crippen molar-refractivity contribution in [3.63, 3.8) is 0 Å². The summed E-state index contributed by atoms with van der Waals surface area (Å²) in [6, 6.07) is -0.607. The maximum absolute atomic E-state index is 12.4. The second-order valence-corrected chi connectivity index (χ2v) is 6.32. The van der Waals surface area contributed by atoms with Crippen LogP contribution in [0.2, 0.25) is 0 Å². The molecule has 106 valence electrons. The summed E-state index contributed by atoms with van der Waals surface area (Å²) < 4.78 is 0. The zero-order valence-corrected chi connectivity index (χ0v) is 12.0. The van der Waals surface area contributed by atoms with Gasteiger partial charge >= 0.3 is 6.03 Å². The van der Waals surface area contributed by atoms with E-state index in [1.165, 1.54) is 11.3 Å². The number of nitrogens with one attached hydrogen (secondary N) is 1. The van der Waals surface area contributed by atoms with Crippen molar-refractivity contribution in [1.82, 2.24) is 15.2 Å². The van der Waals surface area contributed by atoms with E-state index in [4.69, 9.17) is 0 Å². The Bertz CT molecular complexity index is 591. The normalized spacial score (nSPS) is 21.1. The molecule has 1 N–H and O–H groups in total. The molecule has 4 amide bonds. The van der Waals surface area contributed by atoms with Crippen molar-refractivity contribution in [2.75, 3.05) is 6.54 Å². The van der Waals surface area contributed by atoms with E-state index in [2.05, 4.69) is 10.3 Å². The number of carbonyl (C=O) groups is 3. The number of urea groups is 1. The molecule has 1 aliphatic carbocycles. The predicted molar refractivity (Wildman–Crippen MR) is 72.1 cm³/mol. The highest BCUT2D eigenvalue weighted by atomic mass is 32.1. The highest BCUT2D eigenvalue weighted by molar-refractivity contribution is 7.09. The molecule has 2 fully saturated rings. The van der Waals surface area contributed by atoms with Crippen molar-refractivity contribution >= 4 is 29.2 Å². The Morgan fingerprint density at radius 2 is 2.15 bits per heavy atom. The fourth-order valence-electron chi connectivity index (χ4n) is 2.66. The zero-order valence-electron chi connectivity index (χ0n) is 11.1. The molecular weight excluding hydrogens is 278 g/mol. The lowest BCUT2D eigenvalue weighted by atomic mass is 9.66. The minimum absolute atomic E-state index is 0.267. The first-order chi connectivity index (χ1) is 9.53. The fraction of sp³-hybridized carbons (Fsp3) is 0.538. The smallest absolute Gasteiger partial charge is 0.277 e. The number of hydrogen-bond acceptors (Lipinski definition) is 5. The van der Waals surface area contributed by atoms with Gasteiger partial charge in [0.1, 0.15) is 5.41 Å². The third kappa shape index (κ3) is 1.93. The van der Waals surface area contributed by atoms with Gasteiger partial charge in [0.25, 0.3) is 0 Å². The van der Waals surface area contributed by atoms with E-state index in [-0.39, 0.29) is 12.5 Å². The number of thiazole rings is 1. The van der Waals surface area contributed by atoms with E-state index in [0.717, 1.165) is 22.0 Å². The first kappa shape index (κ1) is 13.2. The Labute approximate surface area is 120 Å². The molecule has 2 heterocycles. The van der Waals surface area contributed by atoms with Crippen molar-refractivity contribution in [1.29, 1.82) is 0 Å². The SMILES string of the molecule is Cc1nc(CCN2C(=O)NC(=O)C3(CCC3)C2=O)cs1. The predicted octanol–water partition coefficient (Wildman–Crippen LogP) is 1.24. The number of amides is 4. The van der Waals surface area contributed by atoms with E-state index < -0.39 is 17.4 Å². The van der Waals surface area contributed by atoms with Crippen molar-refractivity contribution in [2.24, 2.45) is 5.41 Å². The topological polar surface area (TPSA) is 79.4 Å². The Balaban J connectivity index is 1.73. The molecule has 1 aliphatic heterocycles. The van der Waals surface area contributed by atoms with E-state index >= 15 is 0 Å². The van der Waals surface area contributed by atoms with Crippen LogP contribution in [0.4, 0.5) is 4.79 Å². The van der Waals surface area contributed by atoms with Gasteiger partial charge in [-0.25, -0.2) is 9.78 Å². The molecule has 1 spiro atoms. The Morgan fingerprint density at radius 3 is 2.70 bits per heavy atom. The number of hydrogen-bond donors (Lipinski definition) is 1. The lowest BCUT2D eigenvalue weighted by Crippen LogP contribution is -2.66. The van der Waals surface area contributed by atoms with Crippen LogP contribution in [0.5, 0.6) is 0 Å². The van der Waals surface area contributed by atoms with Crippen LogP contribution in [0.15, 0.2) is 5.38 Å². The quantitative estimate of drug-likeness (QED) is 0.850. The van der Waals surface area contributed by atoms with E-state index in [9.17, 15) is 14.4 Å². The van der Waals surface area contributed by atoms with Crippen LogP contribution in [0.1, 0.15) is 30.0 Å². The summed E-state index contributed by atoms with van der Waals surface area (Å²) in [5.41, 5.74) is -0.112. The number of carbonyl (C=O) groups excluding carboxylic acids is 3. The summed E-state index contributed by atoms with van der Waals surface area (Å²) in [6.45, 7) is 2.18. The Hall–Kier alpha value is -1.76. The maximum atomic E-state index is 12.4. The van der Waals surface area contributed by atoms with Gasteiger partial charge in [-0.1, -0.05) is 6.42 Å². The summed E-state index contributed by atoms with van der Waals surface area (Å²) in [7, 11) is 0. The number of barbiturate groups is 1. The monoisotopic (exact) mass is 293 g/mol. The summed E-state index contributed by atoms with van der Waals surface area (Å²) in [4.78, 5) is 41.6. The van der Waals surface area contributed by atoms with Gasteiger partial charge in [-0.05, 0) is 19.8 Å². The van der Waals surface area contributed by atoms with Crippen LogP contribution in [-0.2, 0) is 16.0 Å². The number of rotatable bonds is 3. The van der Waals surface area contributed by atoms with E-state index in [0.29, 0.717) is 19.3 Å². The number of nitrogens with zero attached hydrogens (tertiary/aromatic N) is 2. The molecule has 2 aliphatic rings. The summed E-state index contributed by atoms with van der Waals surface area (Å²) in [5.74, 6) is -0.774. The van der Waals surface area contributed by atoms with Gasteiger partial charge in [0.2, 0.25) is 11.8 Å². The first-order valence-corrected chi connectivity index (χ1v) is 7.49. The van der Waals surface area contributed by atoms with Gasteiger partial charge in [-0.3, -0.25) is 19.8 Å². The molecule has 0 bridgehead atoms. The lowest BCUT2D eigenvalue weighted by molar-refractivity contribution is -0.157. The molecule has 6 nitrogen and oxygen atoms in total. The van der Waals surface area contributed by atoms with Gasteiger partial charge in [-0.15, -0.1) is 11.3 Å². The van der Waals surface area contributed by atoms with Crippen molar-refractivity contribution < 1.29 is 14.4 Å². The van der Waals surface area contributed by atoms with Crippen LogP contribution in [0.3, 0.4) is 0 Å². The minimum Gasteiger partial charge on any atom is -0.277 e. The molecule has 0 radical (unpaired) electrons. The van der Waals surface area contributed by atoms with E-state index in [1.54, 1.807) is 0 Å². The number of imide groups is 2. The zero-order chi connectivity index (χ0) is 14.3. The molecule has 3 rings (SSSR count). The van der Waals surface area contributed by atoms with Crippen LogP contribution >= 0.6 is 11.3 Å². The second-order valence-electron chi connectivity index (χ2n) is 5.26. The van der Waals surface area contributed by atoms with Gasteiger partial charge < -0.3 is 0 Å². The van der Waals surface area contributed by atoms with Crippen LogP contribution in [-0.4, -0.2) is 34.3 Å². The standard InChI is InChI=1S/C13H15N3O3S/c1-8-14-9(7-20-8)3-6-16-11(18)13(4-2-5-13)10(17)15-12(16)19/h7H,2-6H2,1H3,(H,15,17,19). The van der Waals surface area contributed by atoms with Crippen molar-refractivity contribution in [3.8, 4) is 0 Å². The van der Waals surface area contributed by atoms with Crippen LogP contribution < -0.4 is 5.32 Å². The van der Waals surface area contributed by atoms with E-state index in [1.807, 2.05) is 12.3 Å². The minimum atomic E-state index is -0.980. The van der Waals surface area contributed by atoms with Crippen molar-refractivity contribution in [3.05, 3.63) is 16.1 Å². The third-order valence-corrected chi connectivity index (χ3v) is 4.84. The first-order valence-electron chi connectivity index (χ1n) is 6.61. The average molecular weight is 293 g/mol. The molecule has 20 heavy (non-hydrogen) atoms. The third-order valence-electron chi connectivity index (χ3n) is 4.02. The molecular formula is C13H15N3O3S. The number of aromatic nitrogens is 1. The van der Waals surface area contributed by atoms with Gasteiger partial charge in [-0.2, -0.15) is 0 Å². The summed E-state index contributed by atoms with van der Waals surface area (Å²) in [6.07, 6.45) is 2.45. The summed E-state index contributed by atoms with van der Waals surface area (Å²) in [5, 5.41) is 5.18. The molecule has 7 heteroatoms. The molecule has 0 atom stereocenters. The molecule has 1 saturated carbocycles. The highest BCUT2D eigenvalue weighted by Crippen LogP contribution is 2.44. The largest absolute Gasteiger partial charge is 0.330 e. The Kier molecular flexibility index (Phi) is 3.08. The maximum Gasteiger partial charge on any atom is 0.330 e. The van der Waals surface area contributed by atoms with Gasteiger partial charge in [0.05, 0.1) is 10.7 Å². The fourth-order valence-corrected chi connectivity index (χ4v) is 3.30. The lowest BCUT2D eigenvalue weighted by Gasteiger charge is -2.44. The van der Waals surface area contributed by atoms with Crippen LogP contribution in [0, 0.1) is 12.3 Å². The molecule has 1 saturated heterocycles. The molecule has 1 aromatic rings.